The molecule has 1 rings (SSSR count). The van der Waals surface area contributed by atoms with Crippen LogP contribution in [0, 0.1) is 0 Å². The Hall–Kier alpha value is -1.36. The summed E-state index contributed by atoms with van der Waals surface area (Å²) in [7, 11) is 3.49. The lowest BCUT2D eigenvalue weighted by molar-refractivity contribution is -0.119. The number of hydrogen-bond donors (Lipinski definition) is 2. The molecular weight excluding hydrogens is 168 g/mol. The van der Waals surface area contributed by atoms with Crippen LogP contribution in [-0.2, 0) is 18.4 Å². The summed E-state index contributed by atoms with van der Waals surface area (Å²) in [6, 6.07) is 1.91. The maximum absolute atomic E-state index is 10.8. The Kier molecular flexibility index (Phi) is 3.45. The lowest BCUT2D eigenvalue weighted by Gasteiger charge is -2.03. The Balaban J connectivity index is 2.28. The average Bonchev–Trinajstić information content (AvgIpc) is 2.52. The SMILES string of the molecule is CNC(=O)CNCc1ccnn1C. The first-order chi connectivity index (χ1) is 6.24. The first kappa shape index (κ1) is 9.73. The van der Waals surface area contributed by atoms with E-state index in [2.05, 4.69) is 15.7 Å². The molecule has 0 atom stereocenters. The number of amides is 1. The maximum atomic E-state index is 10.8. The van der Waals surface area contributed by atoms with Crippen LogP contribution in [0.4, 0.5) is 0 Å². The van der Waals surface area contributed by atoms with E-state index in [1.807, 2.05) is 13.1 Å². The lowest BCUT2D eigenvalue weighted by atomic mass is 10.4. The van der Waals surface area contributed by atoms with Crippen LogP contribution in [0.15, 0.2) is 12.3 Å². The van der Waals surface area contributed by atoms with Crippen molar-refractivity contribution in [3.63, 3.8) is 0 Å². The zero-order valence-corrected chi connectivity index (χ0v) is 7.87. The molecule has 1 amide bonds. The molecule has 72 valence electrons. The van der Waals surface area contributed by atoms with Crippen molar-refractivity contribution in [3.05, 3.63) is 18.0 Å². The van der Waals surface area contributed by atoms with Crippen LogP contribution in [0.25, 0.3) is 0 Å². The molecule has 0 aliphatic carbocycles. The predicted octanol–water partition coefficient (Wildman–Crippen LogP) is -0.744. The number of carbonyl (C=O) groups is 1. The predicted molar refractivity (Wildman–Crippen MR) is 49.0 cm³/mol. The number of rotatable bonds is 4. The van der Waals surface area contributed by atoms with E-state index in [1.54, 1.807) is 17.9 Å². The highest BCUT2D eigenvalue weighted by Crippen LogP contribution is 1.93. The molecule has 0 aliphatic heterocycles. The Morgan fingerprint density at radius 1 is 1.69 bits per heavy atom. The molecule has 0 fully saturated rings. The molecule has 0 aliphatic rings. The minimum atomic E-state index is -0.0119. The fourth-order valence-electron chi connectivity index (χ4n) is 0.967. The normalized spacial score (nSPS) is 10.0. The molecular formula is C8H14N4O. The Labute approximate surface area is 77.1 Å². The van der Waals surface area contributed by atoms with Crippen molar-refractivity contribution in [2.45, 2.75) is 6.54 Å². The van der Waals surface area contributed by atoms with Crippen molar-refractivity contribution < 1.29 is 4.79 Å². The minimum absolute atomic E-state index is 0.0119. The molecule has 0 unspecified atom stereocenters. The van der Waals surface area contributed by atoms with E-state index in [0.717, 1.165) is 5.69 Å². The Morgan fingerprint density at radius 3 is 3.00 bits per heavy atom. The summed E-state index contributed by atoms with van der Waals surface area (Å²) in [5.74, 6) is -0.0119. The Morgan fingerprint density at radius 2 is 2.46 bits per heavy atom. The van der Waals surface area contributed by atoms with Crippen LogP contribution < -0.4 is 10.6 Å². The van der Waals surface area contributed by atoms with Crippen LogP contribution in [0.2, 0.25) is 0 Å². The highest BCUT2D eigenvalue weighted by molar-refractivity contribution is 5.77. The Bertz CT molecular complexity index is 281. The van der Waals surface area contributed by atoms with Crippen LogP contribution in [0.3, 0.4) is 0 Å². The molecule has 0 aromatic carbocycles. The molecule has 5 nitrogen and oxygen atoms in total. The quantitative estimate of drug-likeness (QED) is 0.644. The van der Waals surface area contributed by atoms with Gasteiger partial charge in [0.15, 0.2) is 0 Å². The summed E-state index contributed by atoms with van der Waals surface area (Å²) in [5, 5.41) is 9.55. The van der Waals surface area contributed by atoms with E-state index in [-0.39, 0.29) is 5.91 Å². The molecule has 0 bridgehead atoms. The standard InChI is InChI=1S/C8H14N4O/c1-9-8(13)6-10-5-7-3-4-11-12(7)2/h3-4,10H,5-6H2,1-2H3,(H,9,13). The van der Waals surface area contributed by atoms with Gasteiger partial charge in [0.1, 0.15) is 0 Å². The van der Waals surface area contributed by atoms with Gasteiger partial charge in [-0.15, -0.1) is 0 Å². The fraction of sp³-hybridized carbons (Fsp3) is 0.500. The van der Waals surface area contributed by atoms with Crippen molar-refractivity contribution in [2.75, 3.05) is 13.6 Å². The van der Waals surface area contributed by atoms with E-state index in [1.165, 1.54) is 0 Å². The molecule has 0 radical (unpaired) electrons. The number of likely N-dealkylation sites (N-methyl/N-ethyl adjacent to an activating group) is 1. The van der Waals surface area contributed by atoms with Gasteiger partial charge in [-0.2, -0.15) is 5.10 Å². The van der Waals surface area contributed by atoms with E-state index < -0.39 is 0 Å². The zero-order valence-electron chi connectivity index (χ0n) is 7.87. The van der Waals surface area contributed by atoms with E-state index in [0.29, 0.717) is 13.1 Å². The van der Waals surface area contributed by atoms with Gasteiger partial charge in [-0.3, -0.25) is 9.48 Å². The van der Waals surface area contributed by atoms with Gasteiger partial charge < -0.3 is 10.6 Å². The molecule has 5 heteroatoms. The summed E-state index contributed by atoms with van der Waals surface area (Å²) in [4.78, 5) is 10.8. The smallest absolute Gasteiger partial charge is 0.233 e. The van der Waals surface area contributed by atoms with Crippen molar-refractivity contribution in [3.8, 4) is 0 Å². The summed E-state index contributed by atoms with van der Waals surface area (Å²) >= 11 is 0. The monoisotopic (exact) mass is 182 g/mol. The molecule has 1 aromatic heterocycles. The van der Waals surface area contributed by atoms with Crippen LogP contribution in [-0.4, -0.2) is 29.3 Å². The number of hydrogen-bond acceptors (Lipinski definition) is 3. The van der Waals surface area contributed by atoms with Gasteiger partial charge >= 0.3 is 0 Å². The highest BCUT2D eigenvalue weighted by Gasteiger charge is 1.99. The third-order valence-electron chi connectivity index (χ3n) is 1.79. The number of nitrogens with zero attached hydrogens (tertiary/aromatic N) is 2. The highest BCUT2D eigenvalue weighted by atomic mass is 16.1. The molecule has 1 aromatic rings. The summed E-state index contributed by atoms with van der Waals surface area (Å²) in [6.45, 7) is 0.992. The van der Waals surface area contributed by atoms with E-state index in [4.69, 9.17) is 0 Å². The molecule has 0 saturated heterocycles. The van der Waals surface area contributed by atoms with Crippen molar-refractivity contribution in [1.29, 1.82) is 0 Å². The molecule has 2 N–H and O–H groups in total. The van der Waals surface area contributed by atoms with E-state index >= 15 is 0 Å². The number of aryl methyl sites for hydroxylation is 1. The fourth-order valence-corrected chi connectivity index (χ4v) is 0.967. The average molecular weight is 182 g/mol. The third-order valence-corrected chi connectivity index (χ3v) is 1.79. The van der Waals surface area contributed by atoms with Gasteiger partial charge in [-0.25, -0.2) is 0 Å². The topological polar surface area (TPSA) is 59.0 Å². The van der Waals surface area contributed by atoms with Crippen molar-refractivity contribution >= 4 is 5.91 Å². The largest absolute Gasteiger partial charge is 0.358 e. The molecule has 0 spiro atoms. The third kappa shape index (κ3) is 2.87. The maximum Gasteiger partial charge on any atom is 0.233 e. The summed E-state index contributed by atoms with van der Waals surface area (Å²) < 4.78 is 1.77. The summed E-state index contributed by atoms with van der Waals surface area (Å²) in [5.41, 5.74) is 1.06. The van der Waals surface area contributed by atoms with Gasteiger partial charge in [0.25, 0.3) is 0 Å². The van der Waals surface area contributed by atoms with Crippen molar-refractivity contribution in [1.82, 2.24) is 20.4 Å². The second-order valence-electron chi connectivity index (χ2n) is 2.72. The van der Waals surface area contributed by atoms with Crippen LogP contribution in [0.5, 0.6) is 0 Å². The number of carbonyl (C=O) groups excluding carboxylic acids is 1. The lowest BCUT2D eigenvalue weighted by Crippen LogP contribution is -2.31. The second kappa shape index (κ2) is 4.61. The van der Waals surface area contributed by atoms with E-state index in [9.17, 15) is 4.79 Å². The first-order valence-electron chi connectivity index (χ1n) is 4.12. The van der Waals surface area contributed by atoms with Gasteiger partial charge in [0.05, 0.1) is 12.2 Å². The molecule has 13 heavy (non-hydrogen) atoms. The van der Waals surface area contributed by atoms with Gasteiger partial charge in [0, 0.05) is 26.8 Å². The van der Waals surface area contributed by atoms with Crippen LogP contribution >= 0.6 is 0 Å². The van der Waals surface area contributed by atoms with Gasteiger partial charge in [-0.1, -0.05) is 0 Å². The summed E-state index contributed by atoms with van der Waals surface area (Å²) in [6.07, 6.45) is 1.73. The second-order valence-corrected chi connectivity index (χ2v) is 2.72. The first-order valence-corrected chi connectivity index (χ1v) is 4.12. The number of nitrogens with one attached hydrogen (secondary N) is 2. The number of aromatic nitrogens is 2. The van der Waals surface area contributed by atoms with Gasteiger partial charge in [-0.05, 0) is 6.07 Å². The molecule has 0 saturated carbocycles. The van der Waals surface area contributed by atoms with Crippen LogP contribution in [0.1, 0.15) is 5.69 Å². The van der Waals surface area contributed by atoms with Gasteiger partial charge in [0.2, 0.25) is 5.91 Å². The van der Waals surface area contributed by atoms with Crippen molar-refractivity contribution in [2.24, 2.45) is 7.05 Å². The zero-order chi connectivity index (χ0) is 9.68. The minimum Gasteiger partial charge on any atom is -0.358 e. The molecule has 1 heterocycles.